The van der Waals surface area contributed by atoms with Crippen molar-refractivity contribution in [1.82, 2.24) is 0 Å². The second-order valence-electron chi connectivity index (χ2n) is 2.68. The SMILES string of the molecule is C=C/C=C(\N=C)C(C)CCC. The van der Waals surface area contributed by atoms with Crippen LogP contribution in [0.4, 0.5) is 0 Å². The second-order valence-corrected chi connectivity index (χ2v) is 2.68. The number of allylic oxidation sites excluding steroid dienone is 3. The van der Waals surface area contributed by atoms with Gasteiger partial charge in [0.05, 0.1) is 0 Å². The van der Waals surface area contributed by atoms with Crippen molar-refractivity contribution in [3.05, 3.63) is 24.4 Å². The van der Waals surface area contributed by atoms with Crippen LogP contribution >= 0.6 is 0 Å². The Hall–Kier alpha value is -0.850. The average molecular weight is 151 g/mol. The first-order valence-corrected chi connectivity index (χ1v) is 4.05. The molecule has 0 amide bonds. The molecule has 0 aliphatic rings. The molecule has 1 unspecified atom stereocenters. The Morgan fingerprint density at radius 3 is 2.64 bits per heavy atom. The molecular weight excluding hydrogens is 134 g/mol. The Kier molecular flexibility index (Phi) is 5.44. The van der Waals surface area contributed by atoms with E-state index in [-0.39, 0.29) is 0 Å². The van der Waals surface area contributed by atoms with Crippen molar-refractivity contribution >= 4 is 6.72 Å². The van der Waals surface area contributed by atoms with Crippen molar-refractivity contribution in [3.8, 4) is 0 Å². The van der Waals surface area contributed by atoms with Crippen LogP contribution in [0.25, 0.3) is 0 Å². The third-order valence-electron chi connectivity index (χ3n) is 1.70. The summed E-state index contributed by atoms with van der Waals surface area (Å²) in [6.45, 7) is 11.5. The fraction of sp³-hybridized carbons (Fsp3) is 0.500. The first kappa shape index (κ1) is 10.2. The quantitative estimate of drug-likeness (QED) is 0.422. The molecule has 62 valence electrons. The second kappa shape index (κ2) is 5.90. The molecule has 0 aromatic carbocycles. The molecule has 0 radical (unpaired) electrons. The molecule has 0 saturated carbocycles. The van der Waals surface area contributed by atoms with Crippen LogP contribution in [0.3, 0.4) is 0 Å². The predicted molar refractivity (Wildman–Crippen MR) is 51.9 cm³/mol. The van der Waals surface area contributed by atoms with E-state index in [4.69, 9.17) is 0 Å². The lowest BCUT2D eigenvalue weighted by Gasteiger charge is -2.08. The van der Waals surface area contributed by atoms with Crippen molar-refractivity contribution < 1.29 is 0 Å². The van der Waals surface area contributed by atoms with Gasteiger partial charge in [0.15, 0.2) is 0 Å². The summed E-state index contributed by atoms with van der Waals surface area (Å²) < 4.78 is 0. The minimum Gasteiger partial charge on any atom is -0.269 e. The Morgan fingerprint density at radius 2 is 2.27 bits per heavy atom. The largest absolute Gasteiger partial charge is 0.269 e. The lowest BCUT2D eigenvalue weighted by molar-refractivity contribution is 0.597. The highest BCUT2D eigenvalue weighted by Gasteiger charge is 2.03. The van der Waals surface area contributed by atoms with E-state index in [0.717, 1.165) is 5.70 Å². The summed E-state index contributed by atoms with van der Waals surface area (Å²) in [5.74, 6) is 0.510. The van der Waals surface area contributed by atoms with E-state index >= 15 is 0 Å². The number of aliphatic imine (C=N–C) groups is 1. The summed E-state index contributed by atoms with van der Waals surface area (Å²) in [4.78, 5) is 3.94. The summed E-state index contributed by atoms with van der Waals surface area (Å²) in [6, 6.07) is 0. The fourth-order valence-electron chi connectivity index (χ4n) is 1.07. The number of rotatable bonds is 5. The predicted octanol–water partition coefficient (Wildman–Crippen LogP) is 3.19. The zero-order valence-electron chi connectivity index (χ0n) is 7.51. The van der Waals surface area contributed by atoms with E-state index in [2.05, 4.69) is 32.1 Å². The van der Waals surface area contributed by atoms with Gasteiger partial charge in [0.1, 0.15) is 0 Å². The van der Waals surface area contributed by atoms with Crippen molar-refractivity contribution in [2.45, 2.75) is 26.7 Å². The minimum atomic E-state index is 0.510. The highest BCUT2D eigenvalue weighted by atomic mass is 14.7. The van der Waals surface area contributed by atoms with Crippen molar-refractivity contribution in [1.29, 1.82) is 0 Å². The average Bonchev–Trinajstić information content (AvgIpc) is 2.00. The Balaban J connectivity index is 4.12. The molecule has 0 heterocycles. The summed E-state index contributed by atoms with van der Waals surface area (Å²) >= 11 is 0. The van der Waals surface area contributed by atoms with Gasteiger partial charge in [0.25, 0.3) is 0 Å². The van der Waals surface area contributed by atoms with Crippen molar-refractivity contribution in [3.63, 3.8) is 0 Å². The number of nitrogens with zero attached hydrogens (tertiary/aromatic N) is 1. The van der Waals surface area contributed by atoms with Crippen LogP contribution in [0.15, 0.2) is 29.4 Å². The van der Waals surface area contributed by atoms with Gasteiger partial charge in [-0.15, -0.1) is 0 Å². The molecule has 0 spiro atoms. The molecule has 1 nitrogen and oxygen atoms in total. The fourth-order valence-corrected chi connectivity index (χ4v) is 1.07. The standard InChI is InChI=1S/C10H17N/c1-5-7-9(3)10(11-4)8-6-2/h6,8-9H,2,4-5,7H2,1,3H3/b10-8-. The van der Waals surface area contributed by atoms with Crippen LogP contribution in [0.2, 0.25) is 0 Å². The van der Waals surface area contributed by atoms with E-state index in [1.807, 2.05) is 6.08 Å². The summed E-state index contributed by atoms with van der Waals surface area (Å²) in [6.07, 6.45) is 6.04. The first-order chi connectivity index (χ1) is 5.26. The molecule has 0 aliphatic heterocycles. The summed E-state index contributed by atoms with van der Waals surface area (Å²) in [7, 11) is 0. The van der Waals surface area contributed by atoms with Crippen molar-refractivity contribution in [2.24, 2.45) is 10.9 Å². The monoisotopic (exact) mass is 151 g/mol. The van der Waals surface area contributed by atoms with Gasteiger partial charge in [-0.3, -0.25) is 4.99 Å². The summed E-state index contributed by atoms with van der Waals surface area (Å²) in [5.41, 5.74) is 1.04. The van der Waals surface area contributed by atoms with E-state index in [0.29, 0.717) is 5.92 Å². The van der Waals surface area contributed by atoms with E-state index in [1.165, 1.54) is 12.8 Å². The topological polar surface area (TPSA) is 12.4 Å². The molecular formula is C10H17N. The highest BCUT2D eigenvalue weighted by molar-refractivity contribution is 5.30. The third-order valence-corrected chi connectivity index (χ3v) is 1.70. The minimum absolute atomic E-state index is 0.510. The Bertz CT molecular complexity index is 156. The van der Waals surface area contributed by atoms with Gasteiger partial charge in [-0.1, -0.05) is 32.9 Å². The molecule has 0 fully saturated rings. The van der Waals surface area contributed by atoms with Gasteiger partial charge in [-0.05, 0) is 25.1 Å². The lowest BCUT2D eigenvalue weighted by atomic mass is 10.0. The maximum absolute atomic E-state index is 3.94. The van der Waals surface area contributed by atoms with Crippen LogP contribution in [-0.2, 0) is 0 Å². The maximum Gasteiger partial charge on any atom is 0.0424 e. The molecule has 0 aromatic heterocycles. The third kappa shape index (κ3) is 3.76. The van der Waals surface area contributed by atoms with Gasteiger partial charge in [-0.2, -0.15) is 0 Å². The highest BCUT2D eigenvalue weighted by Crippen LogP contribution is 2.16. The van der Waals surface area contributed by atoms with Gasteiger partial charge in [0.2, 0.25) is 0 Å². The van der Waals surface area contributed by atoms with Crippen LogP contribution in [0, 0.1) is 5.92 Å². The van der Waals surface area contributed by atoms with Crippen LogP contribution < -0.4 is 0 Å². The smallest absolute Gasteiger partial charge is 0.0424 e. The molecule has 0 aromatic rings. The zero-order chi connectivity index (χ0) is 8.69. The zero-order valence-corrected chi connectivity index (χ0v) is 7.51. The molecule has 11 heavy (non-hydrogen) atoms. The normalized spacial score (nSPS) is 14.2. The molecule has 0 rings (SSSR count). The van der Waals surface area contributed by atoms with Crippen LogP contribution in [0.5, 0.6) is 0 Å². The Morgan fingerprint density at radius 1 is 1.64 bits per heavy atom. The van der Waals surface area contributed by atoms with E-state index in [1.54, 1.807) is 6.08 Å². The molecule has 1 heteroatoms. The van der Waals surface area contributed by atoms with Gasteiger partial charge < -0.3 is 0 Å². The molecule has 1 atom stereocenters. The maximum atomic E-state index is 3.94. The first-order valence-electron chi connectivity index (χ1n) is 4.05. The van der Waals surface area contributed by atoms with E-state index in [9.17, 15) is 0 Å². The van der Waals surface area contributed by atoms with Gasteiger partial charge >= 0.3 is 0 Å². The van der Waals surface area contributed by atoms with Crippen molar-refractivity contribution in [2.75, 3.05) is 0 Å². The Labute approximate surface area is 69.5 Å². The molecule has 0 N–H and O–H groups in total. The molecule has 0 bridgehead atoms. The number of hydrogen-bond donors (Lipinski definition) is 0. The lowest BCUT2D eigenvalue weighted by Crippen LogP contribution is -1.95. The number of hydrogen-bond acceptors (Lipinski definition) is 1. The van der Waals surface area contributed by atoms with E-state index < -0.39 is 0 Å². The molecule has 0 aliphatic carbocycles. The van der Waals surface area contributed by atoms with Gasteiger partial charge in [-0.25, -0.2) is 0 Å². The van der Waals surface area contributed by atoms with Crippen LogP contribution in [-0.4, -0.2) is 6.72 Å². The van der Waals surface area contributed by atoms with Gasteiger partial charge in [0, 0.05) is 5.70 Å². The summed E-state index contributed by atoms with van der Waals surface area (Å²) in [5, 5.41) is 0. The van der Waals surface area contributed by atoms with Crippen LogP contribution in [0.1, 0.15) is 26.7 Å². The molecule has 0 saturated heterocycles.